The fourth-order valence-electron chi connectivity index (χ4n) is 1.98. The zero-order chi connectivity index (χ0) is 11.3. The van der Waals surface area contributed by atoms with Crippen molar-refractivity contribution in [2.75, 3.05) is 19.6 Å². The van der Waals surface area contributed by atoms with Gasteiger partial charge in [0.05, 0.1) is 12.0 Å². The lowest BCUT2D eigenvalue weighted by atomic mass is 9.77. The first-order valence-corrected chi connectivity index (χ1v) is 5.38. The van der Waals surface area contributed by atoms with Gasteiger partial charge in [0.15, 0.2) is 0 Å². The van der Waals surface area contributed by atoms with E-state index in [9.17, 15) is 13.6 Å². The Morgan fingerprint density at radius 1 is 1.60 bits per heavy atom. The minimum absolute atomic E-state index is 0.238. The fourth-order valence-corrected chi connectivity index (χ4v) is 1.98. The predicted octanol–water partition coefficient (Wildman–Crippen LogP) is 1.15. The molecule has 0 saturated carbocycles. The highest BCUT2D eigenvalue weighted by atomic mass is 19.3. The average Bonchev–Trinajstić information content (AvgIpc) is 2.26. The number of rotatable bonds is 4. The lowest BCUT2D eigenvalue weighted by Crippen LogP contribution is -2.50. The van der Waals surface area contributed by atoms with E-state index in [-0.39, 0.29) is 5.91 Å². The van der Waals surface area contributed by atoms with Crippen LogP contribution in [0.4, 0.5) is 8.78 Å². The van der Waals surface area contributed by atoms with Crippen LogP contribution in [0.1, 0.15) is 26.2 Å². The zero-order valence-corrected chi connectivity index (χ0v) is 8.98. The smallest absolute Gasteiger partial charge is 0.255 e. The van der Waals surface area contributed by atoms with Gasteiger partial charge in [-0.05, 0) is 25.8 Å². The topological polar surface area (TPSA) is 41.1 Å². The Morgan fingerprint density at radius 2 is 2.33 bits per heavy atom. The number of carbonyl (C=O) groups is 1. The molecule has 0 aromatic rings. The molecule has 2 N–H and O–H groups in total. The molecule has 15 heavy (non-hydrogen) atoms. The van der Waals surface area contributed by atoms with E-state index in [0.717, 1.165) is 19.4 Å². The van der Waals surface area contributed by atoms with Crippen LogP contribution in [-0.4, -0.2) is 32.0 Å². The quantitative estimate of drug-likeness (QED) is 0.746. The molecule has 0 bridgehead atoms. The molecule has 1 aliphatic heterocycles. The van der Waals surface area contributed by atoms with Crippen molar-refractivity contribution in [3.63, 3.8) is 0 Å². The zero-order valence-electron chi connectivity index (χ0n) is 8.98. The second-order valence-electron chi connectivity index (χ2n) is 4.02. The normalized spacial score (nSPS) is 26.7. The lowest BCUT2D eigenvalue weighted by molar-refractivity contribution is -0.133. The Hall–Kier alpha value is -0.710. The fraction of sp³-hybridized carbons (Fsp3) is 0.900. The molecule has 1 heterocycles. The SMILES string of the molecule is CCC1(C(=O)NCC(F)F)CCCNC1. The molecule has 0 aromatic heterocycles. The molecule has 1 atom stereocenters. The van der Waals surface area contributed by atoms with Crippen LogP contribution in [0.5, 0.6) is 0 Å². The van der Waals surface area contributed by atoms with Gasteiger partial charge >= 0.3 is 0 Å². The van der Waals surface area contributed by atoms with Crippen LogP contribution in [0.15, 0.2) is 0 Å². The maximum absolute atomic E-state index is 12.0. The average molecular weight is 220 g/mol. The first-order valence-electron chi connectivity index (χ1n) is 5.38. The van der Waals surface area contributed by atoms with Crippen molar-refractivity contribution in [1.29, 1.82) is 0 Å². The largest absolute Gasteiger partial charge is 0.350 e. The summed E-state index contributed by atoms with van der Waals surface area (Å²) in [5, 5.41) is 5.46. The summed E-state index contributed by atoms with van der Waals surface area (Å²) >= 11 is 0. The number of carbonyl (C=O) groups excluding carboxylic acids is 1. The highest BCUT2D eigenvalue weighted by Gasteiger charge is 2.37. The van der Waals surface area contributed by atoms with E-state index in [1.807, 2.05) is 6.92 Å². The molecule has 0 spiro atoms. The standard InChI is InChI=1S/C10H18F2N2O/c1-2-10(4-3-5-13-7-10)9(15)14-6-8(11)12/h8,13H,2-7H2,1H3,(H,14,15). The van der Waals surface area contributed by atoms with Crippen molar-refractivity contribution in [3.8, 4) is 0 Å². The molecule has 1 amide bonds. The van der Waals surface area contributed by atoms with Gasteiger partial charge in [-0.3, -0.25) is 4.79 Å². The van der Waals surface area contributed by atoms with E-state index < -0.39 is 18.4 Å². The molecular weight excluding hydrogens is 202 g/mol. The highest BCUT2D eigenvalue weighted by molar-refractivity contribution is 5.83. The maximum Gasteiger partial charge on any atom is 0.255 e. The van der Waals surface area contributed by atoms with Crippen molar-refractivity contribution < 1.29 is 13.6 Å². The second kappa shape index (κ2) is 5.39. The molecule has 88 valence electrons. The first-order chi connectivity index (χ1) is 7.10. The summed E-state index contributed by atoms with van der Waals surface area (Å²) in [4.78, 5) is 11.8. The maximum atomic E-state index is 12.0. The molecule has 0 aliphatic carbocycles. The summed E-state index contributed by atoms with van der Waals surface area (Å²) in [6.45, 7) is 2.89. The molecule has 1 rings (SSSR count). The number of alkyl halides is 2. The van der Waals surface area contributed by atoms with Gasteiger partial charge in [0.2, 0.25) is 5.91 Å². The van der Waals surface area contributed by atoms with Crippen LogP contribution in [0.25, 0.3) is 0 Å². The van der Waals surface area contributed by atoms with Crippen LogP contribution in [0, 0.1) is 5.41 Å². The highest BCUT2D eigenvalue weighted by Crippen LogP contribution is 2.30. The third-order valence-electron chi connectivity index (χ3n) is 3.05. The molecule has 1 fully saturated rings. The van der Waals surface area contributed by atoms with Gasteiger partial charge < -0.3 is 10.6 Å². The predicted molar refractivity (Wildman–Crippen MR) is 53.8 cm³/mol. The van der Waals surface area contributed by atoms with Gasteiger partial charge in [0.1, 0.15) is 0 Å². The number of piperidine rings is 1. The van der Waals surface area contributed by atoms with Crippen LogP contribution in [0.3, 0.4) is 0 Å². The Morgan fingerprint density at radius 3 is 2.80 bits per heavy atom. The number of amides is 1. The second-order valence-corrected chi connectivity index (χ2v) is 4.02. The van der Waals surface area contributed by atoms with E-state index >= 15 is 0 Å². The minimum Gasteiger partial charge on any atom is -0.350 e. The molecular formula is C10H18F2N2O. The first kappa shape index (κ1) is 12.4. The van der Waals surface area contributed by atoms with Crippen molar-refractivity contribution in [2.45, 2.75) is 32.6 Å². The van der Waals surface area contributed by atoms with Gasteiger partial charge in [-0.15, -0.1) is 0 Å². The van der Waals surface area contributed by atoms with Gasteiger partial charge in [0, 0.05) is 6.54 Å². The summed E-state index contributed by atoms with van der Waals surface area (Å²) in [5.41, 5.74) is -0.479. The third-order valence-corrected chi connectivity index (χ3v) is 3.05. The van der Waals surface area contributed by atoms with Gasteiger partial charge in [0.25, 0.3) is 6.43 Å². The monoisotopic (exact) mass is 220 g/mol. The van der Waals surface area contributed by atoms with E-state index in [1.165, 1.54) is 0 Å². The lowest BCUT2D eigenvalue weighted by Gasteiger charge is -2.35. The van der Waals surface area contributed by atoms with Crippen molar-refractivity contribution in [1.82, 2.24) is 10.6 Å². The van der Waals surface area contributed by atoms with Crippen LogP contribution in [-0.2, 0) is 4.79 Å². The minimum atomic E-state index is -2.47. The van der Waals surface area contributed by atoms with Gasteiger partial charge in [-0.2, -0.15) is 0 Å². The summed E-state index contributed by atoms with van der Waals surface area (Å²) in [6, 6.07) is 0. The summed E-state index contributed by atoms with van der Waals surface area (Å²) in [5.74, 6) is -0.238. The van der Waals surface area contributed by atoms with E-state index in [4.69, 9.17) is 0 Å². The van der Waals surface area contributed by atoms with Crippen LogP contribution < -0.4 is 10.6 Å². The van der Waals surface area contributed by atoms with E-state index in [0.29, 0.717) is 13.0 Å². The molecule has 5 heteroatoms. The summed E-state index contributed by atoms with van der Waals surface area (Å²) in [6.07, 6.45) is -0.0734. The van der Waals surface area contributed by atoms with E-state index in [2.05, 4.69) is 10.6 Å². The molecule has 1 saturated heterocycles. The summed E-state index contributed by atoms with van der Waals surface area (Å²) < 4.78 is 23.9. The number of hydrogen-bond donors (Lipinski definition) is 2. The number of hydrogen-bond acceptors (Lipinski definition) is 2. The van der Waals surface area contributed by atoms with Gasteiger partial charge in [-0.1, -0.05) is 6.92 Å². The van der Waals surface area contributed by atoms with Crippen molar-refractivity contribution in [2.24, 2.45) is 5.41 Å². The molecule has 1 unspecified atom stereocenters. The Bertz CT molecular complexity index is 215. The van der Waals surface area contributed by atoms with Crippen LogP contribution in [0.2, 0.25) is 0 Å². The molecule has 3 nitrogen and oxygen atoms in total. The van der Waals surface area contributed by atoms with Crippen molar-refractivity contribution >= 4 is 5.91 Å². The Kier molecular flexibility index (Phi) is 4.45. The summed E-state index contributed by atoms with van der Waals surface area (Å²) in [7, 11) is 0. The Balaban J connectivity index is 2.52. The molecule has 1 aliphatic rings. The van der Waals surface area contributed by atoms with Crippen LogP contribution >= 0.6 is 0 Å². The van der Waals surface area contributed by atoms with E-state index in [1.54, 1.807) is 0 Å². The van der Waals surface area contributed by atoms with Crippen molar-refractivity contribution in [3.05, 3.63) is 0 Å². The molecule has 0 aromatic carbocycles. The third kappa shape index (κ3) is 3.12. The Labute approximate surface area is 88.6 Å². The molecule has 0 radical (unpaired) electrons. The van der Waals surface area contributed by atoms with Gasteiger partial charge in [-0.25, -0.2) is 8.78 Å². The number of nitrogens with one attached hydrogen (secondary N) is 2. The number of halogens is 2.